The summed E-state index contributed by atoms with van der Waals surface area (Å²) < 4.78 is 0. The summed E-state index contributed by atoms with van der Waals surface area (Å²) in [7, 11) is 0. The van der Waals surface area contributed by atoms with E-state index in [1.54, 1.807) is 6.07 Å². The smallest absolute Gasteiger partial charge is 0.227 e. The van der Waals surface area contributed by atoms with Crippen LogP contribution in [0, 0.1) is 5.92 Å². The topological polar surface area (TPSA) is 40.6 Å². The zero-order valence-corrected chi connectivity index (χ0v) is 14.7. The largest absolute Gasteiger partial charge is 0.339 e. The Morgan fingerprint density at radius 2 is 1.61 bits per heavy atom. The minimum absolute atomic E-state index is 0.0766. The van der Waals surface area contributed by atoms with Crippen LogP contribution in [-0.4, -0.2) is 47.8 Å². The minimum Gasteiger partial charge on any atom is -0.339 e. The summed E-state index contributed by atoms with van der Waals surface area (Å²) in [6, 6.07) is 7.43. The molecular weight excluding hydrogens is 312 g/mol. The quantitative estimate of drug-likeness (QED) is 0.829. The molecule has 2 amide bonds. The summed E-state index contributed by atoms with van der Waals surface area (Å²) in [5, 5.41) is 0.628. The first kappa shape index (κ1) is 17.8. The first-order valence-corrected chi connectivity index (χ1v) is 8.74. The first-order valence-electron chi connectivity index (χ1n) is 8.36. The predicted molar refractivity (Wildman–Crippen MR) is 92.4 cm³/mol. The second-order valence-electron chi connectivity index (χ2n) is 5.99. The van der Waals surface area contributed by atoms with Crippen LogP contribution in [0.5, 0.6) is 0 Å². The van der Waals surface area contributed by atoms with E-state index in [4.69, 9.17) is 11.6 Å². The summed E-state index contributed by atoms with van der Waals surface area (Å²) in [5.41, 5.74) is 0.856. The third-order valence-electron chi connectivity index (χ3n) is 4.58. The van der Waals surface area contributed by atoms with Crippen molar-refractivity contribution in [3.63, 3.8) is 0 Å². The average Bonchev–Trinajstić information content (AvgIpc) is 2.58. The molecule has 0 atom stereocenters. The molecule has 4 nitrogen and oxygen atoms in total. The van der Waals surface area contributed by atoms with Crippen molar-refractivity contribution in [1.29, 1.82) is 0 Å². The highest BCUT2D eigenvalue weighted by molar-refractivity contribution is 6.31. The molecule has 1 aliphatic rings. The molecule has 0 N–H and O–H groups in total. The lowest BCUT2D eigenvalue weighted by Gasteiger charge is -2.36. The van der Waals surface area contributed by atoms with Crippen LogP contribution >= 0.6 is 11.6 Å². The number of rotatable bonds is 5. The van der Waals surface area contributed by atoms with E-state index in [0.29, 0.717) is 37.6 Å². The van der Waals surface area contributed by atoms with Crippen molar-refractivity contribution in [3.05, 3.63) is 34.9 Å². The number of hydrogen-bond acceptors (Lipinski definition) is 2. The zero-order valence-electron chi connectivity index (χ0n) is 13.9. The Kier molecular flexibility index (Phi) is 6.46. The molecule has 0 aliphatic carbocycles. The van der Waals surface area contributed by atoms with E-state index in [1.807, 2.05) is 28.0 Å². The van der Waals surface area contributed by atoms with Gasteiger partial charge in [-0.1, -0.05) is 43.6 Å². The first-order chi connectivity index (χ1) is 11.1. The summed E-state index contributed by atoms with van der Waals surface area (Å²) in [4.78, 5) is 28.5. The van der Waals surface area contributed by atoms with E-state index in [0.717, 1.165) is 18.4 Å². The molecule has 1 aromatic carbocycles. The number of carbonyl (C=O) groups excluding carboxylic acids is 2. The van der Waals surface area contributed by atoms with Gasteiger partial charge in [0.05, 0.1) is 6.42 Å². The van der Waals surface area contributed by atoms with Crippen molar-refractivity contribution in [2.24, 2.45) is 5.92 Å². The number of benzene rings is 1. The molecule has 0 saturated carbocycles. The van der Waals surface area contributed by atoms with Crippen LogP contribution in [0.25, 0.3) is 0 Å². The predicted octanol–water partition coefficient (Wildman–Crippen LogP) is 2.99. The van der Waals surface area contributed by atoms with Gasteiger partial charge in [-0.05, 0) is 24.5 Å². The zero-order chi connectivity index (χ0) is 16.8. The third-order valence-corrected chi connectivity index (χ3v) is 4.95. The molecule has 0 spiro atoms. The van der Waals surface area contributed by atoms with Gasteiger partial charge < -0.3 is 9.80 Å². The molecule has 1 heterocycles. The number of piperazine rings is 1. The third kappa shape index (κ3) is 4.47. The van der Waals surface area contributed by atoms with Gasteiger partial charge in [0.2, 0.25) is 11.8 Å². The molecule has 1 fully saturated rings. The monoisotopic (exact) mass is 336 g/mol. The summed E-state index contributed by atoms with van der Waals surface area (Å²) in [6.45, 7) is 6.57. The van der Waals surface area contributed by atoms with Crippen LogP contribution in [0.4, 0.5) is 0 Å². The van der Waals surface area contributed by atoms with Crippen LogP contribution in [0.15, 0.2) is 24.3 Å². The van der Waals surface area contributed by atoms with Gasteiger partial charge in [0.15, 0.2) is 0 Å². The molecule has 5 heteroatoms. The Labute approximate surface area is 143 Å². The summed E-state index contributed by atoms with van der Waals surface area (Å²) >= 11 is 6.12. The van der Waals surface area contributed by atoms with Crippen LogP contribution in [-0.2, 0) is 16.0 Å². The number of nitrogens with zero attached hydrogens (tertiary/aromatic N) is 2. The Balaban J connectivity index is 1.88. The second kappa shape index (κ2) is 8.34. The van der Waals surface area contributed by atoms with Crippen molar-refractivity contribution < 1.29 is 9.59 Å². The SMILES string of the molecule is CCC(CC)C(=O)N1CCN(C(=O)Cc2ccccc2Cl)CC1. The van der Waals surface area contributed by atoms with Gasteiger partial charge in [-0.25, -0.2) is 0 Å². The number of carbonyl (C=O) groups is 2. The number of halogens is 1. The summed E-state index contributed by atoms with van der Waals surface area (Å²) in [6.07, 6.45) is 2.07. The van der Waals surface area contributed by atoms with Crippen molar-refractivity contribution >= 4 is 23.4 Å². The lowest BCUT2D eigenvalue weighted by molar-refractivity contribution is -0.142. The van der Waals surface area contributed by atoms with Gasteiger partial charge in [-0.15, -0.1) is 0 Å². The molecule has 2 rings (SSSR count). The standard InChI is InChI=1S/C18H25ClN2O2/c1-3-14(4-2)18(23)21-11-9-20(10-12-21)17(22)13-15-7-5-6-8-16(15)19/h5-8,14H,3-4,9-13H2,1-2H3. The highest BCUT2D eigenvalue weighted by Gasteiger charge is 2.27. The highest BCUT2D eigenvalue weighted by Crippen LogP contribution is 2.18. The second-order valence-corrected chi connectivity index (χ2v) is 6.39. The molecule has 1 aromatic rings. The highest BCUT2D eigenvalue weighted by atomic mass is 35.5. The van der Waals surface area contributed by atoms with Crippen molar-refractivity contribution in [2.75, 3.05) is 26.2 Å². The fraction of sp³-hybridized carbons (Fsp3) is 0.556. The Bertz CT molecular complexity index is 550. The molecule has 1 aliphatic heterocycles. The van der Waals surface area contributed by atoms with Gasteiger partial charge in [0, 0.05) is 37.1 Å². The van der Waals surface area contributed by atoms with Gasteiger partial charge in [-0.2, -0.15) is 0 Å². The number of hydrogen-bond donors (Lipinski definition) is 0. The Morgan fingerprint density at radius 3 is 2.17 bits per heavy atom. The number of amides is 2. The molecule has 126 valence electrons. The van der Waals surface area contributed by atoms with E-state index in [9.17, 15) is 9.59 Å². The van der Waals surface area contributed by atoms with Gasteiger partial charge in [0.1, 0.15) is 0 Å². The fourth-order valence-corrected chi connectivity index (χ4v) is 3.19. The van der Waals surface area contributed by atoms with Crippen LogP contribution < -0.4 is 0 Å². The van der Waals surface area contributed by atoms with Crippen LogP contribution in [0.2, 0.25) is 5.02 Å². The molecule has 0 radical (unpaired) electrons. The van der Waals surface area contributed by atoms with Gasteiger partial charge in [-0.3, -0.25) is 9.59 Å². The molecule has 1 saturated heterocycles. The van der Waals surface area contributed by atoms with Crippen LogP contribution in [0.1, 0.15) is 32.3 Å². The van der Waals surface area contributed by atoms with E-state index >= 15 is 0 Å². The molecule has 0 unspecified atom stereocenters. The normalized spacial score (nSPS) is 15.1. The minimum atomic E-state index is 0.0766. The molecule has 23 heavy (non-hydrogen) atoms. The molecular formula is C18H25ClN2O2. The Morgan fingerprint density at radius 1 is 1.04 bits per heavy atom. The van der Waals surface area contributed by atoms with Crippen molar-refractivity contribution in [2.45, 2.75) is 33.1 Å². The lowest BCUT2D eigenvalue weighted by atomic mass is 10.0. The maximum absolute atomic E-state index is 12.4. The van der Waals surface area contributed by atoms with E-state index in [1.165, 1.54) is 0 Å². The maximum Gasteiger partial charge on any atom is 0.227 e. The average molecular weight is 337 g/mol. The van der Waals surface area contributed by atoms with Crippen molar-refractivity contribution in [1.82, 2.24) is 9.80 Å². The van der Waals surface area contributed by atoms with E-state index < -0.39 is 0 Å². The molecule has 0 aromatic heterocycles. The van der Waals surface area contributed by atoms with Crippen molar-refractivity contribution in [3.8, 4) is 0 Å². The van der Waals surface area contributed by atoms with Gasteiger partial charge in [0.25, 0.3) is 0 Å². The van der Waals surface area contributed by atoms with E-state index in [2.05, 4.69) is 13.8 Å². The fourth-order valence-electron chi connectivity index (χ4n) is 2.99. The van der Waals surface area contributed by atoms with Gasteiger partial charge >= 0.3 is 0 Å². The lowest BCUT2D eigenvalue weighted by Crippen LogP contribution is -2.52. The molecule has 0 bridgehead atoms. The summed E-state index contributed by atoms with van der Waals surface area (Å²) in [5.74, 6) is 0.418. The Hall–Kier alpha value is -1.55. The van der Waals surface area contributed by atoms with Crippen LogP contribution in [0.3, 0.4) is 0 Å². The van der Waals surface area contributed by atoms with E-state index in [-0.39, 0.29) is 17.7 Å². The maximum atomic E-state index is 12.4.